The normalized spacial score (nSPS) is 20.9. The van der Waals surface area contributed by atoms with Crippen LogP contribution in [0.15, 0.2) is 12.3 Å². The van der Waals surface area contributed by atoms with Crippen LogP contribution in [-0.4, -0.2) is 47.1 Å². The van der Waals surface area contributed by atoms with E-state index in [1.54, 1.807) is 12.3 Å². The number of piperazine rings is 1. The molecule has 1 radical (unpaired) electrons. The van der Waals surface area contributed by atoms with Gasteiger partial charge >= 0.3 is 6.18 Å². The minimum atomic E-state index is -4.28. The summed E-state index contributed by atoms with van der Waals surface area (Å²) in [5, 5.41) is 0. The maximum Gasteiger partial charge on any atom is 0.401 e. The first-order chi connectivity index (χ1) is 9.82. The number of halogens is 3. The van der Waals surface area contributed by atoms with E-state index in [4.69, 9.17) is 0 Å². The monoisotopic (exact) mass is 387 g/mol. The van der Waals surface area contributed by atoms with E-state index in [0.29, 0.717) is 18.7 Å². The number of carbonyl (C=O) groups excluding carboxylic acids is 1. The number of pyridine rings is 1. The molecule has 3 rings (SSSR count). The number of hydrogen-bond donors (Lipinski definition) is 0. The number of nitrogens with zero attached hydrogens (tertiary/aromatic N) is 3. The molecule has 1 spiro atoms. The van der Waals surface area contributed by atoms with Crippen LogP contribution >= 0.6 is 0 Å². The first kappa shape index (κ1) is 17.8. The zero-order chi connectivity index (χ0) is 15.3. The Morgan fingerprint density at radius 2 is 2.05 bits per heavy atom. The maximum absolute atomic E-state index is 12.6. The molecule has 1 aliphatic carbocycles. The molecule has 22 heavy (non-hydrogen) atoms. The van der Waals surface area contributed by atoms with Crippen molar-refractivity contribution in [1.82, 2.24) is 9.88 Å². The quantitative estimate of drug-likeness (QED) is 0.728. The van der Waals surface area contributed by atoms with Gasteiger partial charge in [-0.1, -0.05) is 13.1 Å². The van der Waals surface area contributed by atoms with Gasteiger partial charge in [-0.05, 0) is 12.8 Å². The standard InChI is InChI=1S/C14H15F3N3O.Y/c1-10-2-3-11(18-8-10)20-7-6-19(9-14(15,16)17)13(4-5-13)12(20)21;/h3,8H,4-7,9H2,1H3;/q-1;. The number of alkyl halides is 3. The van der Waals surface area contributed by atoms with Gasteiger partial charge < -0.3 is 9.88 Å². The van der Waals surface area contributed by atoms with E-state index >= 15 is 0 Å². The number of aromatic nitrogens is 1. The van der Waals surface area contributed by atoms with Crippen LogP contribution in [0.5, 0.6) is 0 Å². The van der Waals surface area contributed by atoms with Crippen LogP contribution in [0.25, 0.3) is 0 Å². The minimum absolute atomic E-state index is 0. The Labute approximate surface area is 151 Å². The molecule has 117 valence electrons. The van der Waals surface area contributed by atoms with Gasteiger partial charge in [0.05, 0.1) is 6.54 Å². The predicted molar refractivity (Wildman–Crippen MR) is 69.8 cm³/mol. The first-order valence-electron chi connectivity index (χ1n) is 6.80. The average molecular weight is 387 g/mol. The van der Waals surface area contributed by atoms with E-state index in [-0.39, 0.29) is 51.7 Å². The zero-order valence-corrected chi connectivity index (χ0v) is 15.0. The fourth-order valence-corrected chi connectivity index (χ4v) is 2.80. The van der Waals surface area contributed by atoms with Crippen LogP contribution in [0.3, 0.4) is 0 Å². The summed E-state index contributed by atoms with van der Waals surface area (Å²) < 4.78 is 37.9. The van der Waals surface area contributed by atoms with Crippen LogP contribution in [0.1, 0.15) is 18.4 Å². The molecule has 2 aliphatic rings. The van der Waals surface area contributed by atoms with Crippen molar-refractivity contribution in [3.05, 3.63) is 23.9 Å². The number of rotatable bonds is 2. The molecule has 0 N–H and O–H groups in total. The molecule has 1 aliphatic heterocycles. The third-order valence-electron chi connectivity index (χ3n) is 4.03. The molecule has 0 aromatic carbocycles. The Morgan fingerprint density at radius 3 is 2.55 bits per heavy atom. The summed E-state index contributed by atoms with van der Waals surface area (Å²) in [5.41, 5.74) is -0.122. The van der Waals surface area contributed by atoms with Gasteiger partial charge in [0.1, 0.15) is 5.54 Å². The van der Waals surface area contributed by atoms with Crippen molar-refractivity contribution >= 4 is 11.7 Å². The van der Waals surface area contributed by atoms with Crippen molar-refractivity contribution in [1.29, 1.82) is 0 Å². The molecule has 4 nitrogen and oxygen atoms in total. The molecule has 0 bridgehead atoms. The van der Waals surface area contributed by atoms with Crippen molar-refractivity contribution in [3.8, 4) is 0 Å². The summed E-state index contributed by atoms with van der Waals surface area (Å²) in [6, 6.07) is 4.58. The van der Waals surface area contributed by atoms with Gasteiger partial charge in [-0.15, -0.1) is 11.6 Å². The van der Waals surface area contributed by atoms with Crippen LogP contribution in [0, 0.1) is 13.0 Å². The van der Waals surface area contributed by atoms with Crippen molar-refractivity contribution in [2.75, 3.05) is 24.5 Å². The largest absolute Gasteiger partial charge is 0.401 e. The third-order valence-corrected chi connectivity index (χ3v) is 4.03. The molecule has 1 saturated heterocycles. The van der Waals surface area contributed by atoms with Crippen LogP contribution in [0.2, 0.25) is 0 Å². The Kier molecular flexibility index (Phi) is 5.00. The fourth-order valence-electron chi connectivity index (χ4n) is 2.80. The van der Waals surface area contributed by atoms with E-state index in [0.717, 1.165) is 5.56 Å². The second-order valence-corrected chi connectivity index (χ2v) is 5.61. The molecule has 8 heteroatoms. The van der Waals surface area contributed by atoms with E-state index in [2.05, 4.69) is 11.1 Å². The maximum atomic E-state index is 12.6. The minimum Gasteiger partial charge on any atom is -0.367 e. The second-order valence-electron chi connectivity index (χ2n) is 5.61. The van der Waals surface area contributed by atoms with Gasteiger partial charge in [0.15, 0.2) is 0 Å². The number of hydrogen-bond acceptors (Lipinski definition) is 3. The number of anilines is 1. The summed E-state index contributed by atoms with van der Waals surface area (Å²) >= 11 is 0. The van der Waals surface area contributed by atoms with E-state index < -0.39 is 18.3 Å². The molecule has 1 saturated carbocycles. The topological polar surface area (TPSA) is 36.4 Å². The number of aryl methyl sites for hydroxylation is 1. The molecule has 2 heterocycles. The Bertz CT molecular complexity index is 557. The first-order valence-corrected chi connectivity index (χ1v) is 6.80. The molecule has 1 aromatic heterocycles. The van der Waals surface area contributed by atoms with E-state index in [9.17, 15) is 18.0 Å². The Balaban J connectivity index is 0.00000176. The third kappa shape index (κ3) is 3.36. The van der Waals surface area contributed by atoms with E-state index in [1.807, 2.05) is 6.92 Å². The van der Waals surface area contributed by atoms with Crippen molar-refractivity contribution in [2.45, 2.75) is 31.5 Å². The summed E-state index contributed by atoms with van der Waals surface area (Å²) in [6.07, 6.45) is -1.72. The number of amides is 1. The SMILES string of the molecule is Cc1[c-]cc(N2CCN(CC(F)(F)F)C3(CC3)C2=O)nc1.[Y]. The molecular formula is C14H15F3N3OY-. The van der Waals surface area contributed by atoms with Crippen molar-refractivity contribution < 1.29 is 50.7 Å². The molecule has 0 atom stereocenters. The van der Waals surface area contributed by atoms with Crippen molar-refractivity contribution in [3.63, 3.8) is 0 Å². The van der Waals surface area contributed by atoms with Gasteiger partial charge in [-0.2, -0.15) is 19.2 Å². The molecule has 1 aromatic rings. The van der Waals surface area contributed by atoms with Gasteiger partial charge in [0.2, 0.25) is 5.91 Å². The smallest absolute Gasteiger partial charge is 0.367 e. The van der Waals surface area contributed by atoms with E-state index in [1.165, 1.54) is 9.80 Å². The summed E-state index contributed by atoms with van der Waals surface area (Å²) in [5.74, 6) is 0.186. The van der Waals surface area contributed by atoms with Gasteiger partial charge in [-0.25, -0.2) is 0 Å². The summed E-state index contributed by atoms with van der Waals surface area (Å²) in [6.45, 7) is 1.24. The molecular weight excluding hydrogens is 372 g/mol. The zero-order valence-electron chi connectivity index (χ0n) is 12.2. The summed E-state index contributed by atoms with van der Waals surface area (Å²) in [4.78, 5) is 19.5. The van der Waals surface area contributed by atoms with Gasteiger partial charge in [0, 0.05) is 51.6 Å². The summed E-state index contributed by atoms with van der Waals surface area (Å²) in [7, 11) is 0. The number of carbonyl (C=O) groups is 1. The van der Waals surface area contributed by atoms with Crippen LogP contribution in [0.4, 0.5) is 19.0 Å². The Hall–Kier alpha value is -0.526. The fraction of sp³-hybridized carbons (Fsp3) is 0.571. The van der Waals surface area contributed by atoms with Gasteiger partial charge in [-0.3, -0.25) is 9.69 Å². The molecule has 1 amide bonds. The van der Waals surface area contributed by atoms with Gasteiger partial charge in [0.25, 0.3) is 0 Å². The second kappa shape index (κ2) is 6.17. The average Bonchev–Trinajstić information content (AvgIpc) is 3.18. The van der Waals surface area contributed by atoms with Crippen LogP contribution < -0.4 is 4.90 Å². The Morgan fingerprint density at radius 1 is 1.36 bits per heavy atom. The van der Waals surface area contributed by atoms with Crippen molar-refractivity contribution in [2.24, 2.45) is 0 Å². The molecule has 0 unspecified atom stereocenters. The molecule has 2 fully saturated rings. The van der Waals surface area contributed by atoms with Crippen LogP contribution in [-0.2, 0) is 37.5 Å². The predicted octanol–water partition coefficient (Wildman–Crippen LogP) is 1.93.